The lowest BCUT2D eigenvalue weighted by Gasteiger charge is -2.43. The van der Waals surface area contributed by atoms with Crippen LogP contribution in [0.2, 0.25) is 5.02 Å². The lowest BCUT2D eigenvalue weighted by atomic mass is 9.84. The second kappa shape index (κ2) is 5.70. The Balaban J connectivity index is 1.63. The van der Waals surface area contributed by atoms with Gasteiger partial charge in [0.05, 0.1) is 5.60 Å². The van der Waals surface area contributed by atoms with Crippen molar-refractivity contribution in [2.24, 2.45) is 0 Å². The Bertz CT molecular complexity index is 409. The van der Waals surface area contributed by atoms with E-state index in [0.717, 1.165) is 56.2 Å². The molecule has 0 saturated carbocycles. The molecule has 1 unspecified atom stereocenters. The van der Waals surface area contributed by atoms with E-state index in [9.17, 15) is 0 Å². The molecule has 1 aromatic rings. The predicted molar refractivity (Wildman–Crippen MR) is 76.8 cm³/mol. The molecule has 1 spiro atoms. The van der Waals surface area contributed by atoms with Crippen molar-refractivity contribution < 1.29 is 9.47 Å². The second-order valence-electron chi connectivity index (χ2n) is 5.48. The van der Waals surface area contributed by atoms with Crippen molar-refractivity contribution in [3.63, 3.8) is 0 Å². The Labute approximate surface area is 119 Å². The zero-order chi connectivity index (χ0) is 13.1. The first-order valence-corrected chi connectivity index (χ1v) is 7.37. The molecule has 0 amide bonds. The molecule has 2 aliphatic heterocycles. The van der Waals surface area contributed by atoms with Crippen LogP contribution in [0, 0.1) is 0 Å². The van der Waals surface area contributed by atoms with Crippen LogP contribution in [0.3, 0.4) is 0 Å². The Kier molecular flexibility index (Phi) is 3.96. The number of hydrogen-bond acceptors (Lipinski definition) is 3. The number of halogens is 1. The van der Waals surface area contributed by atoms with Crippen LogP contribution >= 0.6 is 11.6 Å². The minimum Gasteiger partial charge on any atom is -0.382 e. The Hall–Kier alpha value is -0.770. The van der Waals surface area contributed by atoms with E-state index < -0.39 is 0 Å². The molecule has 3 nitrogen and oxygen atoms in total. The van der Waals surface area contributed by atoms with Crippen LogP contribution in [0.5, 0.6) is 0 Å². The van der Waals surface area contributed by atoms with Crippen LogP contribution in [0.1, 0.15) is 25.7 Å². The third kappa shape index (κ3) is 3.22. The van der Waals surface area contributed by atoms with Gasteiger partial charge in [0, 0.05) is 36.6 Å². The molecule has 2 saturated heterocycles. The Morgan fingerprint density at radius 2 is 1.84 bits per heavy atom. The Morgan fingerprint density at radius 1 is 1.11 bits per heavy atom. The fourth-order valence-corrected chi connectivity index (χ4v) is 3.15. The van der Waals surface area contributed by atoms with Crippen LogP contribution in [0.15, 0.2) is 24.3 Å². The molecule has 1 N–H and O–H groups in total. The molecule has 0 aliphatic carbocycles. The highest BCUT2D eigenvalue weighted by Gasteiger charge is 2.38. The van der Waals surface area contributed by atoms with E-state index in [2.05, 4.69) is 5.32 Å². The van der Waals surface area contributed by atoms with E-state index in [-0.39, 0.29) is 5.60 Å². The van der Waals surface area contributed by atoms with Gasteiger partial charge in [0.1, 0.15) is 0 Å². The van der Waals surface area contributed by atoms with E-state index in [1.165, 1.54) is 0 Å². The van der Waals surface area contributed by atoms with Crippen molar-refractivity contribution in [3.05, 3.63) is 29.3 Å². The van der Waals surface area contributed by atoms with Gasteiger partial charge in [-0.3, -0.25) is 0 Å². The molecule has 0 radical (unpaired) electrons. The first kappa shape index (κ1) is 13.2. The van der Waals surface area contributed by atoms with Gasteiger partial charge in [0.25, 0.3) is 0 Å². The highest BCUT2D eigenvalue weighted by Crippen LogP contribution is 2.35. The molecule has 2 aliphatic rings. The maximum absolute atomic E-state index is 6.05. The normalized spacial score (nSPS) is 26.3. The van der Waals surface area contributed by atoms with Crippen LogP contribution < -0.4 is 5.32 Å². The summed E-state index contributed by atoms with van der Waals surface area (Å²) in [5, 5.41) is 4.38. The van der Waals surface area contributed by atoms with Crippen molar-refractivity contribution in [1.82, 2.24) is 0 Å². The quantitative estimate of drug-likeness (QED) is 0.900. The number of anilines is 1. The van der Waals surface area contributed by atoms with E-state index >= 15 is 0 Å². The van der Waals surface area contributed by atoms with Crippen molar-refractivity contribution in [1.29, 1.82) is 0 Å². The highest BCUT2D eigenvalue weighted by molar-refractivity contribution is 6.30. The summed E-state index contributed by atoms with van der Waals surface area (Å²) in [4.78, 5) is 0. The van der Waals surface area contributed by atoms with Gasteiger partial charge in [-0.2, -0.15) is 0 Å². The van der Waals surface area contributed by atoms with Gasteiger partial charge in [-0.25, -0.2) is 0 Å². The molecule has 0 bridgehead atoms. The van der Waals surface area contributed by atoms with Gasteiger partial charge in [-0.1, -0.05) is 11.6 Å². The fourth-order valence-electron chi connectivity index (χ4n) is 3.02. The summed E-state index contributed by atoms with van der Waals surface area (Å²) in [5.41, 5.74) is 1.18. The molecule has 1 aromatic carbocycles. The molecule has 2 heterocycles. The highest BCUT2D eigenvalue weighted by atomic mass is 35.5. The van der Waals surface area contributed by atoms with Crippen LogP contribution in [-0.4, -0.2) is 31.5 Å². The summed E-state index contributed by atoms with van der Waals surface area (Å²) in [6.07, 6.45) is 4.17. The van der Waals surface area contributed by atoms with Crippen molar-refractivity contribution in [3.8, 4) is 0 Å². The molecule has 19 heavy (non-hydrogen) atoms. The molecule has 4 heteroatoms. The Morgan fingerprint density at radius 3 is 2.58 bits per heavy atom. The molecule has 1 atom stereocenters. The lowest BCUT2D eigenvalue weighted by molar-refractivity contribution is -0.135. The molecular weight excluding hydrogens is 262 g/mol. The summed E-state index contributed by atoms with van der Waals surface area (Å²) >= 11 is 5.91. The number of benzene rings is 1. The molecule has 0 aromatic heterocycles. The summed E-state index contributed by atoms with van der Waals surface area (Å²) in [6, 6.07) is 8.40. The zero-order valence-corrected chi connectivity index (χ0v) is 11.8. The average molecular weight is 282 g/mol. The smallest absolute Gasteiger partial charge is 0.0745 e. The van der Waals surface area contributed by atoms with Gasteiger partial charge < -0.3 is 14.8 Å². The molecule has 3 rings (SSSR count). The van der Waals surface area contributed by atoms with Crippen molar-refractivity contribution in [2.45, 2.75) is 37.3 Å². The van der Waals surface area contributed by atoms with Gasteiger partial charge in [-0.15, -0.1) is 0 Å². The summed E-state index contributed by atoms with van der Waals surface area (Å²) in [5.74, 6) is 0. The minimum atomic E-state index is 0.0423. The van der Waals surface area contributed by atoms with Crippen LogP contribution in [0.4, 0.5) is 5.69 Å². The zero-order valence-electron chi connectivity index (χ0n) is 11.0. The SMILES string of the molecule is Clc1ccc(NC2CCOC3(CCOCC3)C2)cc1. The number of rotatable bonds is 2. The van der Waals surface area contributed by atoms with Crippen LogP contribution in [0.25, 0.3) is 0 Å². The lowest BCUT2D eigenvalue weighted by Crippen LogP contribution is -2.47. The first-order valence-electron chi connectivity index (χ1n) is 7.00. The second-order valence-corrected chi connectivity index (χ2v) is 5.92. The summed E-state index contributed by atoms with van der Waals surface area (Å²) in [6.45, 7) is 2.49. The number of ether oxygens (including phenoxy) is 2. The molecular formula is C15H20ClNO2. The van der Waals surface area contributed by atoms with Crippen molar-refractivity contribution in [2.75, 3.05) is 25.1 Å². The van der Waals surface area contributed by atoms with Crippen LogP contribution in [-0.2, 0) is 9.47 Å². The monoisotopic (exact) mass is 281 g/mol. The van der Waals surface area contributed by atoms with E-state index in [1.54, 1.807) is 0 Å². The van der Waals surface area contributed by atoms with Crippen molar-refractivity contribution >= 4 is 17.3 Å². The first-order chi connectivity index (χ1) is 9.26. The van der Waals surface area contributed by atoms with Gasteiger partial charge in [0.15, 0.2) is 0 Å². The standard InChI is InChI=1S/C15H20ClNO2/c16-12-1-3-13(4-2-12)17-14-5-8-19-15(11-14)6-9-18-10-7-15/h1-4,14,17H,5-11H2. The maximum atomic E-state index is 6.05. The summed E-state index contributed by atoms with van der Waals surface area (Å²) in [7, 11) is 0. The third-order valence-electron chi connectivity index (χ3n) is 4.11. The largest absolute Gasteiger partial charge is 0.382 e. The predicted octanol–water partition coefficient (Wildman–Crippen LogP) is 3.48. The van der Waals surface area contributed by atoms with Gasteiger partial charge >= 0.3 is 0 Å². The van der Waals surface area contributed by atoms with Gasteiger partial charge in [0.2, 0.25) is 0 Å². The van der Waals surface area contributed by atoms with E-state index in [4.69, 9.17) is 21.1 Å². The number of hydrogen-bond donors (Lipinski definition) is 1. The number of nitrogens with one attached hydrogen (secondary N) is 1. The average Bonchev–Trinajstić information content (AvgIpc) is 2.42. The summed E-state index contributed by atoms with van der Waals surface area (Å²) < 4.78 is 11.5. The molecule has 2 fully saturated rings. The van der Waals surface area contributed by atoms with Gasteiger partial charge in [-0.05, 0) is 49.9 Å². The molecule has 104 valence electrons. The van der Waals surface area contributed by atoms with E-state index in [1.807, 2.05) is 24.3 Å². The minimum absolute atomic E-state index is 0.0423. The fraction of sp³-hybridized carbons (Fsp3) is 0.600. The topological polar surface area (TPSA) is 30.5 Å². The third-order valence-corrected chi connectivity index (χ3v) is 4.36. The maximum Gasteiger partial charge on any atom is 0.0745 e. The van der Waals surface area contributed by atoms with E-state index in [0.29, 0.717) is 6.04 Å².